The van der Waals surface area contributed by atoms with E-state index in [9.17, 15) is 9.18 Å². The van der Waals surface area contributed by atoms with Gasteiger partial charge in [-0.3, -0.25) is 4.79 Å². The smallest absolute Gasteiger partial charge is 0.262 e. The van der Waals surface area contributed by atoms with Gasteiger partial charge in [-0.2, -0.15) is 0 Å². The van der Waals surface area contributed by atoms with Crippen molar-refractivity contribution in [2.24, 2.45) is 0 Å². The molecule has 2 aromatic rings. The first kappa shape index (κ1) is 14.8. The van der Waals surface area contributed by atoms with E-state index in [1.54, 1.807) is 18.2 Å². The van der Waals surface area contributed by atoms with Gasteiger partial charge < -0.3 is 10.1 Å². The number of rotatable bonds is 4. The van der Waals surface area contributed by atoms with Crippen LogP contribution in [0.5, 0.6) is 5.75 Å². The van der Waals surface area contributed by atoms with E-state index in [2.05, 4.69) is 21.2 Å². The molecular weight excluding hydrogens is 349 g/mol. The summed E-state index contributed by atoms with van der Waals surface area (Å²) < 4.78 is 18.8. The predicted octanol–water partition coefficient (Wildman–Crippen LogP) is 4.26. The normalized spacial score (nSPS) is 10.2. The Morgan fingerprint density at radius 3 is 2.60 bits per heavy atom. The van der Waals surface area contributed by atoms with Crippen LogP contribution in [0, 0.1) is 5.82 Å². The highest BCUT2D eigenvalue weighted by molar-refractivity contribution is 9.10. The van der Waals surface area contributed by atoms with Gasteiger partial charge in [0.1, 0.15) is 11.6 Å². The van der Waals surface area contributed by atoms with Gasteiger partial charge in [-0.25, -0.2) is 4.39 Å². The minimum atomic E-state index is -0.360. The fourth-order valence-corrected chi connectivity index (χ4v) is 2.19. The van der Waals surface area contributed by atoms with Crippen LogP contribution in [0.25, 0.3) is 0 Å². The quantitative estimate of drug-likeness (QED) is 0.887. The second-order valence-corrected chi connectivity index (χ2v) is 5.24. The number of carbonyl (C=O) groups is 1. The number of anilines is 1. The van der Waals surface area contributed by atoms with Crippen molar-refractivity contribution in [1.29, 1.82) is 0 Å². The zero-order valence-electron chi connectivity index (χ0n) is 10.2. The van der Waals surface area contributed by atoms with Crippen LogP contribution in [-0.2, 0) is 4.79 Å². The summed E-state index contributed by atoms with van der Waals surface area (Å²) in [4.78, 5) is 11.7. The van der Waals surface area contributed by atoms with Crippen molar-refractivity contribution in [3.8, 4) is 5.75 Å². The molecule has 0 radical (unpaired) electrons. The third-order valence-electron chi connectivity index (χ3n) is 2.38. The number of hydrogen-bond acceptors (Lipinski definition) is 2. The summed E-state index contributed by atoms with van der Waals surface area (Å²) in [5, 5.41) is 3.00. The van der Waals surface area contributed by atoms with Crippen LogP contribution in [-0.4, -0.2) is 12.5 Å². The van der Waals surface area contributed by atoms with Gasteiger partial charge in [0.2, 0.25) is 0 Å². The van der Waals surface area contributed by atoms with E-state index in [0.717, 1.165) is 4.47 Å². The fourth-order valence-electron chi connectivity index (χ4n) is 1.47. The Kier molecular flexibility index (Phi) is 4.98. The van der Waals surface area contributed by atoms with Crippen molar-refractivity contribution in [3.63, 3.8) is 0 Å². The topological polar surface area (TPSA) is 38.3 Å². The van der Waals surface area contributed by atoms with Gasteiger partial charge in [0.05, 0.1) is 5.02 Å². The Morgan fingerprint density at radius 1 is 1.25 bits per heavy atom. The summed E-state index contributed by atoms with van der Waals surface area (Å²) in [6.07, 6.45) is 0. The lowest BCUT2D eigenvalue weighted by Gasteiger charge is -2.09. The van der Waals surface area contributed by atoms with E-state index in [-0.39, 0.29) is 18.3 Å². The lowest BCUT2D eigenvalue weighted by atomic mass is 10.3. The van der Waals surface area contributed by atoms with Crippen LogP contribution in [0.15, 0.2) is 46.9 Å². The van der Waals surface area contributed by atoms with Crippen molar-refractivity contribution in [3.05, 3.63) is 57.8 Å². The molecule has 6 heteroatoms. The largest absolute Gasteiger partial charge is 0.482 e. The Labute approximate surface area is 128 Å². The van der Waals surface area contributed by atoms with Crippen LogP contribution in [0.1, 0.15) is 0 Å². The SMILES string of the molecule is O=C(COc1ccc(Br)cc1Cl)Nc1ccc(F)cc1. The van der Waals surface area contributed by atoms with Gasteiger partial charge in [-0.05, 0) is 42.5 Å². The highest BCUT2D eigenvalue weighted by atomic mass is 79.9. The molecule has 0 fully saturated rings. The molecule has 1 N–H and O–H groups in total. The minimum Gasteiger partial charge on any atom is -0.482 e. The number of carbonyl (C=O) groups excluding carboxylic acids is 1. The molecule has 0 aliphatic rings. The highest BCUT2D eigenvalue weighted by Crippen LogP contribution is 2.27. The van der Waals surface area contributed by atoms with Crippen molar-refractivity contribution >= 4 is 39.1 Å². The molecule has 0 aromatic heterocycles. The van der Waals surface area contributed by atoms with Crippen LogP contribution < -0.4 is 10.1 Å². The molecule has 1 amide bonds. The van der Waals surface area contributed by atoms with E-state index < -0.39 is 0 Å². The molecule has 0 bridgehead atoms. The van der Waals surface area contributed by atoms with Crippen molar-refractivity contribution in [2.75, 3.05) is 11.9 Å². The average molecular weight is 359 g/mol. The molecular formula is C14H10BrClFNO2. The van der Waals surface area contributed by atoms with E-state index in [0.29, 0.717) is 16.5 Å². The molecule has 0 aliphatic heterocycles. The molecule has 0 unspecified atom stereocenters. The van der Waals surface area contributed by atoms with E-state index in [1.807, 2.05) is 0 Å². The van der Waals surface area contributed by atoms with Crippen molar-refractivity contribution in [2.45, 2.75) is 0 Å². The number of benzene rings is 2. The lowest BCUT2D eigenvalue weighted by molar-refractivity contribution is -0.118. The molecule has 0 aliphatic carbocycles. The third kappa shape index (κ3) is 4.21. The van der Waals surface area contributed by atoms with Crippen LogP contribution in [0.3, 0.4) is 0 Å². The zero-order chi connectivity index (χ0) is 14.5. The van der Waals surface area contributed by atoms with Crippen LogP contribution in [0.4, 0.5) is 10.1 Å². The standard InChI is InChI=1S/C14H10BrClFNO2/c15-9-1-6-13(12(16)7-9)20-8-14(19)18-11-4-2-10(17)3-5-11/h1-7H,8H2,(H,18,19). The van der Waals surface area contributed by atoms with Crippen LogP contribution in [0.2, 0.25) is 5.02 Å². The molecule has 0 saturated heterocycles. The summed E-state index contributed by atoms with van der Waals surface area (Å²) in [5.41, 5.74) is 0.502. The van der Waals surface area contributed by atoms with E-state index in [4.69, 9.17) is 16.3 Å². The maximum Gasteiger partial charge on any atom is 0.262 e. The third-order valence-corrected chi connectivity index (χ3v) is 3.17. The first-order valence-corrected chi connectivity index (χ1v) is 6.85. The minimum absolute atomic E-state index is 0.182. The molecule has 104 valence electrons. The molecule has 3 nitrogen and oxygen atoms in total. The zero-order valence-corrected chi connectivity index (χ0v) is 12.5. The van der Waals surface area contributed by atoms with Gasteiger partial charge in [0.15, 0.2) is 6.61 Å². The Morgan fingerprint density at radius 2 is 1.95 bits per heavy atom. The second-order valence-electron chi connectivity index (χ2n) is 3.92. The summed E-state index contributed by atoms with van der Waals surface area (Å²) in [6, 6.07) is 10.6. The first-order chi connectivity index (χ1) is 9.54. The molecule has 0 heterocycles. The van der Waals surface area contributed by atoms with Crippen LogP contribution >= 0.6 is 27.5 Å². The number of halogens is 3. The first-order valence-electron chi connectivity index (χ1n) is 5.68. The van der Waals surface area contributed by atoms with E-state index in [1.165, 1.54) is 24.3 Å². The van der Waals surface area contributed by atoms with Crippen molar-refractivity contribution < 1.29 is 13.9 Å². The average Bonchev–Trinajstić information content (AvgIpc) is 2.40. The van der Waals surface area contributed by atoms with Gasteiger partial charge in [0, 0.05) is 10.2 Å². The Bertz CT molecular complexity index is 619. The Balaban J connectivity index is 1.90. The summed E-state index contributed by atoms with van der Waals surface area (Å²) in [5.74, 6) is -0.291. The van der Waals surface area contributed by atoms with E-state index >= 15 is 0 Å². The molecule has 20 heavy (non-hydrogen) atoms. The fraction of sp³-hybridized carbons (Fsp3) is 0.0714. The maximum atomic E-state index is 12.7. The number of hydrogen-bond donors (Lipinski definition) is 1. The van der Waals surface area contributed by atoms with Crippen molar-refractivity contribution in [1.82, 2.24) is 0 Å². The number of amides is 1. The molecule has 0 atom stereocenters. The number of nitrogens with one attached hydrogen (secondary N) is 1. The van der Waals surface area contributed by atoms with Gasteiger partial charge in [0.25, 0.3) is 5.91 Å². The molecule has 0 saturated carbocycles. The molecule has 2 rings (SSSR count). The maximum absolute atomic E-state index is 12.7. The molecule has 0 spiro atoms. The number of ether oxygens (including phenoxy) is 1. The molecule has 2 aromatic carbocycles. The second kappa shape index (κ2) is 6.72. The van der Waals surface area contributed by atoms with Gasteiger partial charge in [-0.1, -0.05) is 27.5 Å². The summed E-state index contributed by atoms with van der Waals surface area (Å²) in [7, 11) is 0. The highest BCUT2D eigenvalue weighted by Gasteiger charge is 2.07. The monoisotopic (exact) mass is 357 g/mol. The van der Waals surface area contributed by atoms with Gasteiger partial charge in [-0.15, -0.1) is 0 Å². The lowest BCUT2D eigenvalue weighted by Crippen LogP contribution is -2.20. The van der Waals surface area contributed by atoms with Gasteiger partial charge >= 0.3 is 0 Å². The Hall–Kier alpha value is -1.59. The predicted molar refractivity (Wildman–Crippen MR) is 79.7 cm³/mol. The summed E-state index contributed by atoms with van der Waals surface area (Å²) in [6.45, 7) is -0.182. The summed E-state index contributed by atoms with van der Waals surface area (Å²) >= 11 is 9.24.